The van der Waals surface area contributed by atoms with Crippen molar-refractivity contribution in [1.29, 1.82) is 0 Å². The number of nitrogens with zero attached hydrogens (tertiary/aromatic N) is 1. The number of rotatable bonds is 9. The molecular weight excluding hydrogens is 345 g/mol. The fourth-order valence-electron chi connectivity index (χ4n) is 1.81. The quantitative estimate of drug-likeness (QED) is 0.172. The molecule has 5 N–H and O–H groups in total. The summed E-state index contributed by atoms with van der Waals surface area (Å²) in [4.78, 5) is 54.9. The highest BCUT2D eigenvalue weighted by molar-refractivity contribution is 7.61. The van der Waals surface area contributed by atoms with E-state index >= 15 is 0 Å². The summed E-state index contributed by atoms with van der Waals surface area (Å²) in [7, 11) is -4.29. The van der Waals surface area contributed by atoms with Crippen molar-refractivity contribution in [3.05, 3.63) is 12.2 Å². The molecule has 0 radical (unpaired) electrons. The van der Waals surface area contributed by atoms with Crippen molar-refractivity contribution in [2.45, 2.75) is 12.1 Å². The average Bonchev–Trinajstić information content (AvgIpc) is 2.81. The van der Waals surface area contributed by atoms with Crippen LogP contribution in [-0.2, 0) is 23.7 Å². The van der Waals surface area contributed by atoms with Crippen molar-refractivity contribution in [1.82, 2.24) is 15.3 Å². The number of terminal acetylenes is 1. The Morgan fingerprint density at radius 3 is 2.17 bits per heavy atom. The molecule has 0 bridgehead atoms. The summed E-state index contributed by atoms with van der Waals surface area (Å²) in [5.74, 6) is -4.61. The van der Waals surface area contributed by atoms with E-state index in [1.54, 1.807) is 0 Å². The van der Waals surface area contributed by atoms with Crippen LogP contribution < -0.4 is 10.4 Å². The molecule has 0 spiro atoms. The summed E-state index contributed by atoms with van der Waals surface area (Å²) in [6.07, 6.45) is 6.60. The van der Waals surface area contributed by atoms with Crippen molar-refractivity contribution in [3.8, 4) is 12.1 Å². The highest BCUT2D eigenvalue weighted by Crippen LogP contribution is 2.33. The summed E-state index contributed by atoms with van der Waals surface area (Å²) in [5, 5.41) is 22.3. The van der Waals surface area contributed by atoms with Gasteiger partial charge in [0.2, 0.25) is 0 Å². The highest BCUT2D eigenvalue weighted by atomic mass is 31.2. The normalized spacial score (nSPS) is 18.8. The molecule has 0 fully saturated rings. The molecule has 3 unspecified atom stereocenters. The Hall–Kier alpha value is -2.51. The zero-order valence-electron chi connectivity index (χ0n) is 12.1. The Kier molecular flexibility index (Phi) is 6.39. The number of carboxylic acid groups (broad SMARTS) is 2. The van der Waals surface area contributed by atoms with Crippen LogP contribution in [0.4, 0.5) is 0 Å². The third kappa shape index (κ3) is 5.00. The number of carbonyl (C=O) groups excluding carboxylic acids is 2. The van der Waals surface area contributed by atoms with Crippen molar-refractivity contribution in [2.24, 2.45) is 0 Å². The van der Waals surface area contributed by atoms with Crippen LogP contribution in [0.3, 0.4) is 0 Å². The lowest BCUT2D eigenvalue weighted by atomic mass is 10.2. The lowest BCUT2D eigenvalue weighted by molar-refractivity contribution is -0.153. The third-order valence-electron chi connectivity index (χ3n) is 2.93. The molecular formula is C12H14N3O8P. The first-order chi connectivity index (χ1) is 11.1. The fourth-order valence-corrected chi connectivity index (χ4v) is 2.51. The van der Waals surface area contributed by atoms with Gasteiger partial charge < -0.3 is 20.4 Å². The van der Waals surface area contributed by atoms with E-state index in [1.165, 1.54) is 5.66 Å². The second kappa shape index (κ2) is 7.85. The summed E-state index contributed by atoms with van der Waals surface area (Å²) in [6.45, 7) is -0.944. The van der Waals surface area contributed by atoms with Gasteiger partial charge in [0.25, 0.3) is 11.8 Å². The minimum atomic E-state index is -4.29. The number of nitrogens with one attached hydrogen (secondary N) is 2. The van der Waals surface area contributed by atoms with Gasteiger partial charge in [-0.2, -0.15) is 0 Å². The maximum Gasteiger partial charge on any atom is 0.340 e. The van der Waals surface area contributed by atoms with Gasteiger partial charge in [0.1, 0.15) is 12.1 Å². The number of carboxylic acids is 2. The topological polar surface area (TPSA) is 173 Å². The summed E-state index contributed by atoms with van der Waals surface area (Å²) < 4.78 is 11.3. The number of carbonyl (C=O) groups is 4. The number of hydrogen-bond donors (Lipinski definition) is 5. The molecule has 3 atom stereocenters. The number of aliphatic carboxylic acids is 2. The SMILES string of the molecule is C#CP(=O)(O)NC(CNCC(C(=O)O)N1C(=O)C=CC1=O)C(=O)O. The molecule has 0 aromatic rings. The zero-order valence-corrected chi connectivity index (χ0v) is 13.0. The third-order valence-corrected chi connectivity index (χ3v) is 3.94. The fraction of sp³-hybridized carbons (Fsp3) is 0.333. The van der Waals surface area contributed by atoms with Gasteiger partial charge in [0.15, 0.2) is 0 Å². The molecule has 1 aliphatic rings. The average molecular weight is 359 g/mol. The summed E-state index contributed by atoms with van der Waals surface area (Å²) in [6, 6.07) is -3.16. The van der Waals surface area contributed by atoms with E-state index in [0.717, 1.165) is 12.2 Å². The maximum absolute atomic E-state index is 11.5. The number of imide groups is 1. The Balaban J connectivity index is 2.71. The Labute approximate surface area is 135 Å². The van der Waals surface area contributed by atoms with Crippen LogP contribution in [0.15, 0.2) is 12.2 Å². The monoisotopic (exact) mass is 359 g/mol. The van der Waals surface area contributed by atoms with E-state index in [4.69, 9.17) is 16.6 Å². The van der Waals surface area contributed by atoms with E-state index in [9.17, 15) is 28.6 Å². The first-order valence-electron chi connectivity index (χ1n) is 6.39. The molecule has 11 nitrogen and oxygen atoms in total. The molecule has 0 aromatic carbocycles. The predicted octanol–water partition coefficient (Wildman–Crippen LogP) is -2.23. The van der Waals surface area contributed by atoms with Crippen LogP contribution in [0.2, 0.25) is 0 Å². The van der Waals surface area contributed by atoms with Gasteiger partial charge in [0.05, 0.1) is 0 Å². The standard InChI is InChI=1S/C12H14N3O8P/c1-2-24(22,23)14-7(11(18)19)5-13-6-8(12(20)21)15-9(16)3-4-10(15)17/h1,3-4,7-8,13H,5-6H2,(H,18,19)(H,20,21)(H2,14,22,23). The van der Waals surface area contributed by atoms with E-state index < -0.39 is 56.4 Å². The van der Waals surface area contributed by atoms with Gasteiger partial charge >= 0.3 is 19.5 Å². The van der Waals surface area contributed by atoms with Crippen molar-refractivity contribution in [3.63, 3.8) is 0 Å². The van der Waals surface area contributed by atoms with E-state index in [1.807, 2.05) is 5.09 Å². The summed E-state index contributed by atoms with van der Waals surface area (Å²) >= 11 is 0. The van der Waals surface area contributed by atoms with Gasteiger partial charge in [-0.1, -0.05) is 0 Å². The molecule has 1 heterocycles. The van der Waals surface area contributed by atoms with Gasteiger partial charge in [-0.25, -0.2) is 9.88 Å². The molecule has 1 aliphatic heterocycles. The molecule has 130 valence electrons. The number of hydrogen-bond acceptors (Lipinski definition) is 6. The second-order valence-electron chi connectivity index (χ2n) is 4.62. The first kappa shape index (κ1) is 19.5. The highest BCUT2D eigenvalue weighted by Gasteiger charge is 2.36. The van der Waals surface area contributed by atoms with Crippen LogP contribution in [0, 0.1) is 12.1 Å². The van der Waals surface area contributed by atoms with Crippen LogP contribution in [0.1, 0.15) is 0 Å². The van der Waals surface area contributed by atoms with Crippen LogP contribution >= 0.6 is 7.52 Å². The Morgan fingerprint density at radius 1 is 1.21 bits per heavy atom. The number of amides is 2. The summed E-state index contributed by atoms with van der Waals surface area (Å²) in [5.41, 5.74) is 1.51. The van der Waals surface area contributed by atoms with Gasteiger partial charge in [0, 0.05) is 30.9 Å². The van der Waals surface area contributed by atoms with Crippen LogP contribution in [-0.4, -0.2) is 68.9 Å². The van der Waals surface area contributed by atoms with Crippen molar-refractivity contribution < 1.29 is 38.8 Å². The van der Waals surface area contributed by atoms with E-state index in [2.05, 4.69) is 5.32 Å². The van der Waals surface area contributed by atoms with Crippen LogP contribution in [0.25, 0.3) is 0 Å². The second-order valence-corrected chi connectivity index (χ2v) is 6.29. The van der Waals surface area contributed by atoms with Crippen molar-refractivity contribution >= 4 is 31.3 Å². The Bertz CT molecular complexity index is 664. The van der Waals surface area contributed by atoms with Gasteiger partial charge in [-0.05, 0) is 0 Å². The molecule has 1 rings (SSSR count). The molecule has 0 aromatic heterocycles. The van der Waals surface area contributed by atoms with E-state index in [0.29, 0.717) is 4.90 Å². The largest absolute Gasteiger partial charge is 0.480 e. The van der Waals surface area contributed by atoms with E-state index in [-0.39, 0.29) is 0 Å². The minimum Gasteiger partial charge on any atom is -0.480 e. The van der Waals surface area contributed by atoms with Crippen molar-refractivity contribution in [2.75, 3.05) is 13.1 Å². The molecule has 24 heavy (non-hydrogen) atoms. The Morgan fingerprint density at radius 2 is 1.75 bits per heavy atom. The predicted molar refractivity (Wildman–Crippen MR) is 78.5 cm³/mol. The zero-order chi connectivity index (χ0) is 18.5. The van der Waals surface area contributed by atoms with Gasteiger partial charge in [-0.3, -0.25) is 23.8 Å². The lowest BCUT2D eigenvalue weighted by Crippen LogP contribution is -2.52. The molecule has 0 saturated carbocycles. The first-order valence-corrected chi connectivity index (χ1v) is 8.05. The molecule has 0 aliphatic carbocycles. The molecule has 12 heteroatoms. The smallest absolute Gasteiger partial charge is 0.340 e. The maximum atomic E-state index is 11.5. The van der Waals surface area contributed by atoms with Gasteiger partial charge in [-0.15, -0.1) is 6.42 Å². The minimum absolute atomic E-state index is 0.467. The molecule has 2 amide bonds. The van der Waals surface area contributed by atoms with Crippen LogP contribution in [0.5, 0.6) is 0 Å². The lowest BCUT2D eigenvalue weighted by Gasteiger charge is -2.23. The molecule has 0 saturated heterocycles.